The van der Waals surface area contributed by atoms with Gasteiger partial charge in [-0.25, -0.2) is 4.98 Å². The van der Waals surface area contributed by atoms with Crippen molar-refractivity contribution in [2.24, 2.45) is 0 Å². The number of aromatic nitrogens is 1. The number of furan rings is 1. The van der Waals surface area contributed by atoms with E-state index in [1.54, 1.807) is 12.5 Å². The average Bonchev–Trinajstić information content (AvgIpc) is 2.71. The number of thiazole rings is 1. The number of hydrogen-bond donors (Lipinski definition) is 1. The summed E-state index contributed by atoms with van der Waals surface area (Å²) in [6.07, 6.45) is 3.27. The number of anilines is 1. The van der Waals surface area contributed by atoms with Crippen LogP contribution in [-0.4, -0.2) is 4.98 Å². The SMILES string of the molecule is Clc1cnc(NCc2ccco2)s1. The second-order valence-corrected chi connectivity index (χ2v) is 4.06. The van der Waals surface area contributed by atoms with Gasteiger partial charge in [-0.3, -0.25) is 0 Å². The molecule has 0 bridgehead atoms. The largest absolute Gasteiger partial charge is 0.467 e. The molecule has 0 aliphatic rings. The van der Waals surface area contributed by atoms with E-state index < -0.39 is 0 Å². The van der Waals surface area contributed by atoms with Crippen molar-refractivity contribution in [3.8, 4) is 0 Å². The molecule has 0 unspecified atom stereocenters. The lowest BCUT2D eigenvalue weighted by Gasteiger charge is -1.97. The van der Waals surface area contributed by atoms with Crippen molar-refractivity contribution in [1.82, 2.24) is 4.98 Å². The topological polar surface area (TPSA) is 38.1 Å². The smallest absolute Gasteiger partial charge is 0.184 e. The summed E-state index contributed by atoms with van der Waals surface area (Å²) in [4.78, 5) is 4.05. The van der Waals surface area contributed by atoms with Crippen LogP contribution in [0.2, 0.25) is 4.34 Å². The molecule has 0 amide bonds. The molecule has 0 atom stereocenters. The number of halogens is 1. The van der Waals surface area contributed by atoms with Gasteiger partial charge in [0.1, 0.15) is 10.1 Å². The van der Waals surface area contributed by atoms with Gasteiger partial charge < -0.3 is 9.73 Å². The number of hydrogen-bond acceptors (Lipinski definition) is 4. The maximum Gasteiger partial charge on any atom is 0.184 e. The van der Waals surface area contributed by atoms with Crippen LogP contribution in [0, 0.1) is 0 Å². The van der Waals surface area contributed by atoms with Crippen molar-refractivity contribution in [1.29, 1.82) is 0 Å². The van der Waals surface area contributed by atoms with Crippen LogP contribution in [0.5, 0.6) is 0 Å². The summed E-state index contributed by atoms with van der Waals surface area (Å²) in [5.74, 6) is 0.881. The molecule has 5 heteroatoms. The molecular weight excluding hydrogens is 208 g/mol. The minimum atomic E-state index is 0.636. The highest BCUT2D eigenvalue weighted by molar-refractivity contribution is 7.19. The summed E-state index contributed by atoms with van der Waals surface area (Å²) < 4.78 is 5.83. The summed E-state index contributed by atoms with van der Waals surface area (Å²) in [5.41, 5.74) is 0. The third-order valence-electron chi connectivity index (χ3n) is 1.47. The molecule has 3 nitrogen and oxygen atoms in total. The van der Waals surface area contributed by atoms with Gasteiger partial charge in [-0.2, -0.15) is 0 Å². The Bertz CT molecular complexity index is 371. The molecule has 0 aromatic carbocycles. The van der Waals surface area contributed by atoms with Crippen LogP contribution in [0.1, 0.15) is 5.76 Å². The lowest BCUT2D eigenvalue weighted by atomic mass is 10.4. The Labute approximate surface area is 84.4 Å². The Hall–Kier alpha value is -1.00. The maximum absolute atomic E-state index is 5.71. The first-order valence-corrected chi connectivity index (χ1v) is 4.91. The molecule has 0 saturated heterocycles. The van der Waals surface area contributed by atoms with E-state index in [-0.39, 0.29) is 0 Å². The van der Waals surface area contributed by atoms with Crippen molar-refractivity contribution >= 4 is 28.1 Å². The Morgan fingerprint density at radius 1 is 1.62 bits per heavy atom. The quantitative estimate of drug-likeness (QED) is 0.854. The highest BCUT2D eigenvalue weighted by Crippen LogP contribution is 2.22. The van der Waals surface area contributed by atoms with Gasteiger partial charge in [0.25, 0.3) is 0 Å². The molecular formula is C8H7ClN2OS. The van der Waals surface area contributed by atoms with Crippen molar-refractivity contribution in [2.45, 2.75) is 6.54 Å². The van der Waals surface area contributed by atoms with Crippen LogP contribution in [-0.2, 0) is 6.54 Å². The van der Waals surface area contributed by atoms with Crippen LogP contribution in [0.25, 0.3) is 0 Å². The predicted molar refractivity (Wildman–Crippen MR) is 53.2 cm³/mol. The fourth-order valence-corrected chi connectivity index (χ4v) is 1.72. The molecule has 0 radical (unpaired) electrons. The van der Waals surface area contributed by atoms with E-state index in [0.29, 0.717) is 10.9 Å². The first-order chi connectivity index (χ1) is 6.34. The van der Waals surface area contributed by atoms with Crippen LogP contribution in [0.4, 0.5) is 5.13 Å². The molecule has 0 aliphatic heterocycles. The molecule has 0 aliphatic carbocycles. The van der Waals surface area contributed by atoms with Crippen molar-refractivity contribution < 1.29 is 4.42 Å². The summed E-state index contributed by atoms with van der Waals surface area (Å²) in [6, 6.07) is 3.76. The average molecular weight is 215 g/mol. The molecule has 2 heterocycles. The van der Waals surface area contributed by atoms with Crippen molar-refractivity contribution in [3.05, 3.63) is 34.7 Å². The Balaban J connectivity index is 1.93. The second kappa shape index (κ2) is 3.81. The van der Waals surface area contributed by atoms with E-state index in [1.807, 2.05) is 12.1 Å². The summed E-state index contributed by atoms with van der Waals surface area (Å²) in [7, 11) is 0. The zero-order valence-electron chi connectivity index (χ0n) is 6.66. The molecule has 2 aromatic rings. The first-order valence-electron chi connectivity index (χ1n) is 3.72. The van der Waals surface area contributed by atoms with Crippen LogP contribution >= 0.6 is 22.9 Å². The highest BCUT2D eigenvalue weighted by Gasteiger charge is 1.99. The number of nitrogens with zero attached hydrogens (tertiary/aromatic N) is 1. The van der Waals surface area contributed by atoms with Crippen molar-refractivity contribution in [2.75, 3.05) is 5.32 Å². The zero-order valence-corrected chi connectivity index (χ0v) is 8.23. The second-order valence-electron chi connectivity index (χ2n) is 2.40. The van der Waals surface area contributed by atoms with Gasteiger partial charge in [0.15, 0.2) is 5.13 Å². The van der Waals surface area contributed by atoms with Crippen LogP contribution in [0.15, 0.2) is 29.0 Å². The fourth-order valence-electron chi connectivity index (χ4n) is 0.912. The van der Waals surface area contributed by atoms with Gasteiger partial charge in [-0.05, 0) is 12.1 Å². The van der Waals surface area contributed by atoms with Gasteiger partial charge in [0.2, 0.25) is 0 Å². The van der Waals surface area contributed by atoms with E-state index in [9.17, 15) is 0 Å². The zero-order chi connectivity index (χ0) is 9.10. The Kier molecular flexibility index (Phi) is 2.52. The summed E-state index contributed by atoms with van der Waals surface area (Å²) in [5, 5.41) is 3.90. The minimum absolute atomic E-state index is 0.636. The van der Waals surface area contributed by atoms with Gasteiger partial charge >= 0.3 is 0 Å². The normalized spacial score (nSPS) is 10.2. The molecule has 2 aromatic heterocycles. The van der Waals surface area contributed by atoms with Gasteiger partial charge in [-0.15, -0.1) is 0 Å². The standard InChI is InChI=1S/C8H7ClN2OS/c9-7-5-11-8(13-7)10-4-6-2-1-3-12-6/h1-3,5H,4H2,(H,10,11). The van der Waals surface area contributed by atoms with Crippen molar-refractivity contribution in [3.63, 3.8) is 0 Å². The number of rotatable bonds is 3. The monoisotopic (exact) mass is 214 g/mol. The number of nitrogens with one attached hydrogen (secondary N) is 1. The Morgan fingerprint density at radius 2 is 2.54 bits per heavy atom. The molecule has 68 valence electrons. The van der Waals surface area contributed by atoms with E-state index in [4.69, 9.17) is 16.0 Å². The fraction of sp³-hybridized carbons (Fsp3) is 0.125. The van der Waals surface area contributed by atoms with Crippen LogP contribution in [0.3, 0.4) is 0 Å². The van der Waals surface area contributed by atoms with Gasteiger partial charge in [0.05, 0.1) is 19.0 Å². The molecule has 1 N–H and O–H groups in total. The predicted octanol–water partition coefficient (Wildman–Crippen LogP) is 3.00. The molecule has 0 saturated carbocycles. The first kappa shape index (κ1) is 8.59. The summed E-state index contributed by atoms with van der Waals surface area (Å²) in [6.45, 7) is 0.636. The van der Waals surface area contributed by atoms with E-state index >= 15 is 0 Å². The minimum Gasteiger partial charge on any atom is -0.467 e. The van der Waals surface area contributed by atoms with E-state index in [1.165, 1.54) is 11.3 Å². The third kappa shape index (κ3) is 2.23. The van der Waals surface area contributed by atoms with E-state index in [2.05, 4.69) is 10.3 Å². The third-order valence-corrected chi connectivity index (χ3v) is 2.54. The Morgan fingerprint density at radius 3 is 3.15 bits per heavy atom. The molecule has 13 heavy (non-hydrogen) atoms. The molecule has 2 rings (SSSR count). The van der Waals surface area contributed by atoms with Crippen LogP contribution < -0.4 is 5.32 Å². The van der Waals surface area contributed by atoms with E-state index in [0.717, 1.165) is 10.9 Å². The lowest BCUT2D eigenvalue weighted by Crippen LogP contribution is -1.96. The summed E-state index contributed by atoms with van der Waals surface area (Å²) >= 11 is 7.12. The van der Waals surface area contributed by atoms with Gasteiger partial charge in [0, 0.05) is 0 Å². The molecule has 0 fully saturated rings. The highest BCUT2D eigenvalue weighted by atomic mass is 35.5. The van der Waals surface area contributed by atoms with Gasteiger partial charge in [-0.1, -0.05) is 22.9 Å². The lowest BCUT2D eigenvalue weighted by molar-refractivity contribution is 0.518. The maximum atomic E-state index is 5.71. The molecule has 0 spiro atoms.